The largest absolute Gasteiger partial charge is 0.487 e. The number of nitrogens with zero attached hydrogens (tertiary/aromatic N) is 3. The van der Waals surface area contributed by atoms with Crippen LogP contribution in [0.5, 0.6) is 5.75 Å². The third-order valence-electron chi connectivity index (χ3n) is 2.29. The number of hydrogen-bond acceptors (Lipinski definition) is 3. The minimum atomic E-state index is 0.407. The van der Waals surface area contributed by atoms with Gasteiger partial charge in [0.1, 0.15) is 17.5 Å². The summed E-state index contributed by atoms with van der Waals surface area (Å²) in [7, 11) is 1.81. The van der Waals surface area contributed by atoms with Crippen molar-refractivity contribution in [2.75, 3.05) is 0 Å². The standard InChI is InChI=1S/C11H12ClN3O/c1-8-10(11(12)15(2)14-8)7-16-9-4-3-5-13-6-9/h3-6H,7H2,1-2H3. The zero-order valence-corrected chi connectivity index (χ0v) is 9.90. The lowest BCUT2D eigenvalue weighted by Gasteiger charge is -2.04. The maximum Gasteiger partial charge on any atom is 0.138 e. The highest BCUT2D eigenvalue weighted by Gasteiger charge is 2.11. The highest BCUT2D eigenvalue weighted by Crippen LogP contribution is 2.20. The van der Waals surface area contributed by atoms with Crippen LogP contribution in [-0.2, 0) is 13.7 Å². The topological polar surface area (TPSA) is 39.9 Å². The van der Waals surface area contributed by atoms with Gasteiger partial charge in [0.2, 0.25) is 0 Å². The van der Waals surface area contributed by atoms with E-state index in [9.17, 15) is 0 Å². The summed E-state index contributed by atoms with van der Waals surface area (Å²) in [6.45, 7) is 2.32. The van der Waals surface area contributed by atoms with Crippen LogP contribution in [0.2, 0.25) is 5.15 Å². The second-order valence-corrected chi connectivity index (χ2v) is 3.81. The lowest BCUT2D eigenvalue weighted by atomic mass is 10.3. The molecule has 16 heavy (non-hydrogen) atoms. The van der Waals surface area contributed by atoms with Crippen molar-refractivity contribution in [1.29, 1.82) is 0 Å². The van der Waals surface area contributed by atoms with E-state index in [1.807, 2.05) is 26.1 Å². The van der Waals surface area contributed by atoms with Gasteiger partial charge in [0.25, 0.3) is 0 Å². The summed E-state index contributed by atoms with van der Waals surface area (Å²) in [5.41, 5.74) is 1.80. The van der Waals surface area contributed by atoms with Crippen LogP contribution in [0.1, 0.15) is 11.3 Å². The van der Waals surface area contributed by atoms with E-state index in [1.54, 1.807) is 17.1 Å². The molecule has 0 saturated carbocycles. The monoisotopic (exact) mass is 237 g/mol. The van der Waals surface area contributed by atoms with Gasteiger partial charge in [-0.3, -0.25) is 9.67 Å². The summed E-state index contributed by atoms with van der Waals surface area (Å²) < 4.78 is 7.20. The number of aryl methyl sites for hydroxylation is 2. The maximum absolute atomic E-state index is 6.09. The third-order valence-corrected chi connectivity index (χ3v) is 2.76. The first-order valence-electron chi connectivity index (χ1n) is 4.89. The van der Waals surface area contributed by atoms with Crippen molar-refractivity contribution in [2.24, 2.45) is 7.05 Å². The SMILES string of the molecule is Cc1nn(C)c(Cl)c1COc1cccnc1. The van der Waals surface area contributed by atoms with Crippen molar-refractivity contribution in [3.8, 4) is 5.75 Å². The highest BCUT2D eigenvalue weighted by molar-refractivity contribution is 6.30. The lowest BCUT2D eigenvalue weighted by molar-refractivity contribution is 0.304. The van der Waals surface area contributed by atoms with Crippen molar-refractivity contribution < 1.29 is 4.74 Å². The Hall–Kier alpha value is -1.55. The average Bonchev–Trinajstić information content (AvgIpc) is 2.53. The van der Waals surface area contributed by atoms with Gasteiger partial charge in [0, 0.05) is 18.8 Å². The minimum Gasteiger partial charge on any atom is -0.487 e. The zero-order valence-electron chi connectivity index (χ0n) is 9.14. The van der Waals surface area contributed by atoms with E-state index in [4.69, 9.17) is 16.3 Å². The average molecular weight is 238 g/mol. The molecule has 0 spiro atoms. The summed E-state index contributed by atoms with van der Waals surface area (Å²) in [4.78, 5) is 3.97. The molecule has 0 unspecified atom stereocenters. The number of hydrogen-bond donors (Lipinski definition) is 0. The molecule has 2 aromatic rings. The molecule has 0 saturated heterocycles. The van der Waals surface area contributed by atoms with E-state index in [0.717, 1.165) is 17.0 Å². The van der Waals surface area contributed by atoms with Gasteiger partial charge in [-0.2, -0.15) is 5.10 Å². The number of halogens is 1. The molecule has 0 aliphatic carbocycles. The van der Waals surface area contributed by atoms with E-state index in [1.165, 1.54) is 0 Å². The smallest absolute Gasteiger partial charge is 0.138 e. The Balaban J connectivity index is 2.11. The van der Waals surface area contributed by atoms with Crippen LogP contribution in [0.4, 0.5) is 0 Å². The van der Waals surface area contributed by atoms with Gasteiger partial charge < -0.3 is 4.74 Å². The molecule has 0 radical (unpaired) electrons. The van der Waals surface area contributed by atoms with E-state index in [2.05, 4.69) is 10.1 Å². The van der Waals surface area contributed by atoms with Crippen LogP contribution in [0.25, 0.3) is 0 Å². The first-order valence-corrected chi connectivity index (χ1v) is 5.27. The van der Waals surface area contributed by atoms with Gasteiger partial charge in [-0.1, -0.05) is 11.6 Å². The van der Waals surface area contributed by atoms with Crippen molar-refractivity contribution in [1.82, 2.24) is 14.8 Å². The fourth-order valence-corrected chi connectivity index (χ4v) is 1.65. The summed E-state index contributed by atoms with van der Waals surface area (Å²) in [5.74, 6) is 0.724. The molecule has 2 aromatic heterocycles. The molecule has 0 aliphatic heterocycles. The number of rotatable bonds is 3. The normalized spacial score (nSPS) is 10.4. The van der Waals surface area contributed by atoms with Crippen molar-refractivity contribution in [3.05, 3.63) is 40.9 Å². The van der Waals surface area contributed by atoms with E-state index in [-0.39, 0.29) is 0 Å². The molecule has 2 rings (SSSR count). The summed E-state index contributed by atoms with van der Waals surface area (Å²) >= 11 is 6.09. The summed E-state index contributed by atoms with van der Waals surface area (Å²) in [5, 5.41) is 4.82. The van der Waals surface area contributed by atoms with Crippen LogP contribution in [0.3, 0.4) is 0 Å². The molecule has 5 heteroatoms. The number of ether oxygens (including phenoxy) is 1. The second kappa shape index (κ2) is 4.53. The van der Waals surface area contributed by atoms with Crippen molar-refractivity contribution in [2.45, 2.75) is 13.5 Å². The molecule has 0 aliphatic rings. The molecule has 0 N–H and O–H groups in total. The molecule has 4 nitrogen and oxygen atoms in total. The predicted molar refractivity (Wildman–Crippen MR) is 61.5 cm³/mol. The predicted octanol–water partition coefficient (Wildman–Crippen LogP) is 2.36. The zero-order chi connectivity index (χ0) is 11.5. The molecule has 0 amide bonds. The van der Waals surface area contributed by atoms with E-state index < -0.39 is 0 Å². The molecular formula is C11H12ClN3O. The number of pyridine rings is 1. The Morgan fingerprint density at radius 2 is 2.31 bits per heavy atom. The van der Waals surface area contributed by atoms with Gasteiger partial charge in [-0.15, -0.1) is 0 Å². The third kappa shape index (κ3) is 2.17. The van der Waals surface area contributed by atoms with Crippen LogP contribution < -0.4 is 4.74 Å². The molecule has 0 aromatic carbocycles. The van der Waals surface area contributed by atoms with Gasteiger partial charge in [-0.05, 0) is 19.1 Å². The van der Waals surface area contributed by atoms with Gasteiger partial charge in [0.05, 0.1) is 11.9 Å². The van der Waals surface area contributed by atoms with Crippen LogP contribution in [0.15, 0.2) is 24.5 Å². The van der Waals surface area contributed by atoms with Gasteiger partial charge >= 0.3 is 0 Å². The van der Waals surface area contributed by atoms with Crippen molar-refractivity contribution in [3.63, 3.8) is 0 Å². The molecule has 84 valence electrons. The Morgan fingerprint density at radius 1 is 1.50 bits per heavy atom. The fourth-order valence-electron chi connectivity index (χ4n) is 1.43. The molecule has 0 atom stereocenters. The van der Waals surface area contributed by atoms with Crippen LogP contribution in [-0.4, -0.2) is 14.8 Å². The quantitative estimate of drug-likeness (QED) is 0.823. The minimum absolute atomic E-state index is 0.407. The first-order chi connectivity index (χ1) is 7.68. The van der Waals surface area contributed by atoms with Gasteiger partial charge in [0.15, 0.2) is 0 Å². The van der Waals surface area contributed by atoms with Crippen LogP contribution in [0, 0.1) is 6.92 Å². The highest BCUT2D eigenvalue weighted by atomic mass is 35.5. The van der Waals surface area contributed by atoms with Crippen LogP contribution >= 0.6 is 11.6 Å². The lowest BCUT2D eigenvalue weighted by Crippen LogP contribution is -1.97. The first kappa shape index (κ1) is 11.0. The fraction of sp³-hybridized carbons (Fsp3) is 0.273. The van der Waals surface area contributed by atoms with E-state index in [0.29, 0.717) is 11.8 Å². The second-order valence-electron chi connectivity index (χ2n) is 3.46. The molecule has 0 fully saturated rings. The summed E-state index contributed by atoms with van der Waals surface area (Å²) in [6.07, 6.45) is 3.37. The molecule has 2 heterocycles. The Morgan fingerprint density at radius 3 is 2.88 bits per heavy atom. The Kier molecular flexibility index (Phi) is 3.10. The van der Waals surface area contributed by atoms with E-state index >= 15 is 0 Å². The van der Waals surface area contributed by atoms with Gasteiger partial charge in [-0.25, -0.2) is 0 Å². The molecular weight excluding hydrogens is 226 g/mol. The molecule has 0 bridgehead atoms. The maximum atomic E-state index is 6.09. The van der Waals surface area contributed by atoms with Crippen molar-refractivity contribution >= 4 is 11.6 Å². The Labute approximate surface area is 98.8 Å². The Bertz CT molecular complexity index is 481. The number of aromatic nitrogens is 3. The summed E-state index contributed by atoms with van der Waals surface area (Å²) in [6, 6.07) is 3.68.